The zero-order chi connectivity index (χ0) is 18.1. The maximum absolute atomic E-state index is 11.2. The molecule has 1 aliphatic rings. The van der Waals surface area contributed by atoms with Gasteiger partial charge in [0, 0.05) is 64.4 Å². The Balaban J connectivity index is 2.79. The molecule has 1 N–H and O–H groups in total. The van der Waals surface area contributed by atoms with Gasteiger partial charge in [0.15, 0.2) is 0 Å². The van der Waals surface area contributed by atoms with Crippen molar-refractivity contribution in [1.29, 1.82) is 0 Å². The zero-order valence-corrected chi connectivity index (χ0v) is 16.4. The normalized spacial score (nSPS) is 21.8. The summed E-state index contributed by atoms with van der Waals surface area (Å²) >= 11 is 0. The van der Waals surface area contributed by atoms with E-state index in [1.807, 2.05) is 0 Å². The molecule has 24 heavy (non-hydrogen) atoms. The maximum Gasteiger partial charge on any atom is 0.317 e. The monoisotopic (exact) mass is 342 g/mol. The first-order valence-electron chi connectivity index (χ1n) is 9.48. The molecule has 6 heteroatoms. The highest BCUT2D eigenvalue weighted by atomic mass is 16.4. The highest BCUT2D eigenvalue weighted by Gasteiger charge is 2.19. The molecule has 1 aliphatic heterocycles. The third-order valence-corrected chi connectivity index (χ3v) is 5.08. The van der Waals surface area contributed by atoms with Crippen LogP contribution in [0.15, 0.2) is 0 Å². The lowest BCUT2D eigenvalue weighted by Gasteiger charge is -2.36. The molecule has 0 spiro atoms. The average molecular weight is 343 g/mol. The summed E-state index contributed by atoms with van der Waals surface area (Å²) in [5.74, 6) is -0.730. The standard InChI is InChI=1S/C18H38N4O2/c1-6-19-7-11-21(16(2)3)13-9-20(15-18(23)24)10-14-22(12-8-19)17(4)5/h16-17H,6-15H2,1-5H3,(H,23,24). The minimum atomic E-state index is -0.730. The highest BCUT2D eigenvalue weighted by molar-refractivity contribution is 5.69. The van der Waals surface area contributed by atoms with Gasteiger partial charge in [-0.2, -0.15) is 0 Å². The average Bonchev–Trinajstić information content (AvgIpc) is 2.49. The van der Waals surface area contributed by atoms with Gasteiger partial charge in [-0.1, -0.05) is 6.92 Å². The summed E-state index contributed by atoms with van der Waals surface area (Å²) in [5, 5.41) is 9.20. The molecule has 0 aromatic rings. The fourth-order valence-electron chi connectivity index (χ4n) is 3.23. The number of rotatable bonds is 5. The van der Waals surface area contributed by atoms with Crippen LogP contribution in [0.3, 0.4) is 0 Å². The van der Waals surface area contributed by atoms with Crippen molar-refractivity contribution in [2.75, 3.05) is 65.4 Å². The van der Waals surface area contributed by atoms with Gasteiger partial charge < -0.3 is 10.0 Å². The first kappa shape index (κ1) is 21.4. The summed E-state index contributed by atoms with van der Waals surface area (Å²) in [7, 11) is 0. The zero-order valence-electron chi connectivity index (χ0n) is 16.4. The van der Waals surface area contributed by atoms with E-state index in [-0.39, 0.29) is 6.54 Å². The first-order chi connectivity index (χ1) is 11.3. The Hall–Kier alpha value is -0.690. The molecule has 1 rings (SSSR count). The number of hydrogen-bond acceptors (Lipinski definition) is 5. The summed E-state index contributed by atoms with van der Waals surface area (Å²) in [4.78, 5) is 20.7. The minimum absolute atomic E-state index is 0.138. The van der Waals surface area contributed by atoms with Crippen LogP contribution in [-0.4, -0.2) is 108 Å². The first-order valence-corrected chi connectivity index (χ1v) is 9.48. The van der Waals surface area contributed by atoms with E-state index in [0.717, 1.165) is 58.9 Å². The smallest absolute Gasteiger partial charge is 0.317 e. The Labute approximate surface area is 148 Å². The minimum Gasteiger partial charge on any atom is -0.480 e. The summed E-state index contributed by atoms with van der Waals surface area (Å²) in [6.07, 6.45) is 0. The number of carbonyl (C=O) groups is 1. The van der Waals surface area contributed by atoms with Crippen LogP contribution >= 0.6 is 0 Å². The summed E-state index contributed by atoms with van der Waals surface area (Å²) < 4.78 is 0. The lowest BCUT2D eigenvalue weighted by Crippen LogP contribution is -2.49. The summed E-state index contributed by atoms with van der Waals surface area (Å²) in [6.45, 7) is 20.1. The van der Waals surface area contributed by atoms with Gasteiger partial charge in [-0.15, -0.1) is 0 Å². The predicted molar refractivity (Wildman–Crippen MR) is 99.6 cm³/mol. The van der Waals surface area contributed by atoms with Gasteiger partial charge in [-0.25, -0.2) is 0 Å². The van der Waals surface area contributed by atoms with Crippen LogP contribution < -0.4 is 0 Å². The highest BCUT2D eigenvalue weighted by Crippen LogP contribution is 2.05. The Morgan fingerprint density at radius 1 is 0.792 bits per heavy atom. The Morgan fingerprint density at radius 3 is 1.46 bits per heavy atom. The number of likely N-dealkylation sites (N-methyl/N-ethyl adjacent to an activating group) is 1. The number of carboxylic acids is 1. The van der Waals surface area contributed by atoms with Gasteiger partial charge in [0.1, 0.15) is 0 Å². The van der Waals surface area contributed by atoms with E-state index in [9.17, 15) is 9.90 Å². The van der Waals surface area contributed by atoms with Gasteiger partial charge in [-0.3, -0.25) is 19.5 Å². The molecule has 0 aliphatic carbocycles. The number of nitrogens with zero attached hydrogens (tertiary/aromatic N) is 4. The van der Waals surface area contributed by atoms with Crippen molar-refractivity contribution in [1.82, 2.24) is 19.6 Å². The molecule has 0 radical (unpaired) electrons. The van der Waals surface area contributed by atoms with Crippen molar-refractivity contribution in [3.8, 4) is 0 Å². The Kier molecular flexibility index (Phi) is 9.81. The Bertz CT molecular complexity index is 339. The van der Waals surface area contributed by atoms with Crippen molar-refractivity contribution < 1.29 is 9.90 Å². The van der Waals surface area contributed by atoms with Crippen LogP contribution in [0.1, 0.15) is 34.6 Å². The van der Waals surface area contributed by atoms with Gasteiger partial charge >= 0.3 is 5.97 Å². The van der Waals surface area contributed by atoms with E-state index in [1.54, 1.807) is 0 Å². The van der Waals surface area contributed by atoms with Crippen LogP contribution in [0.5, 0.6) is 0 Å². The number of aliphatic carboxylic acids is 1. The third-order valence-electron chi connectivity index (χ3n) is 5.08. The molecule has 0 atom stereocenters. The maximum atomic E-state index is 11.2. The van der Waals surface area contributed by atoms with Crippen LogP contribution in [0.4, 0.5) is 0 Å². The van der Waals surface area contributed by atoms with Crippen LogP contribution in [0, 0.1) is 0 Å². The lowest BCUT2D eigenvalue weighted by molar-refractivity contribution is -0.138. The largest absolute Gasteiger partial charge is 0.480 e. The molecule has 6 nitrogen and oxygen atoms in total. The van der Waals surface area contributed by atoms with Crippen LogP contribution in [0.2, 0.25) is 0 Å². The molecule has 142 valence electrons. The van der Waals surface area contributed by atoms with Crippen molar-refractivity contribution in [3.63, 3.8) is 0 Å². The SMILES string of the molecule is CCN1CCN(C(C)C)CCN(CC(=O)O)CCN(C(C)C)CC1. The van der Waals surface area contributed by atoms with Gasteiger partial charge in [0.2, 0.25) is 0 Å². The number of hydrogen-bond donors (Lipinski definition) is 1. The van der Waals surface area contributed by atoms with Crippen molar-refractivity contribution in [2.45, 2.75) is 46.7 Å². The quantitative estimate of drug-likeness (QED) is 0.808. The molecular weight excluding hydrogens is 304 g/mol. The molecule has 1 saturated heterocycles. The van der Waals surface area contributed by atoms with E-state index in [0.29, 0.717) is 12.1 Å². The molecule has 0 bridgehead atoms. The van der Waals surface area contributed by atoms with E-state index in [1.165, 1.54) is 0 Å². The fourth-order valence-corrected chi connectivity index (χ4v) is 3.23. The second kappa shape index (κ2) is 11.0. The second-order valence-corrected chi connectivity index (χ2v) is 7.36. The molecule has 0 saturated carbocycles. The molecular formula is C18H38N4O2. The lowest BCUT2D eigenvalue weighted by atomic mass is 10.2. The molecule has 0 amide bonds. The fraction of sp³-hybridized carbons (Fsp3) is 0.944. The Morgan fingerprint density at radius 2 is 1.17 bits per heavy atom. The van der Waals surface area contributed by atoms with Gasteiger partial charge in [0.05, 0.1) is 6.54 Å². The molecule has 0 unspecified atom stereocenters. The van der Waals surface area contributed by atoms with E-state index in [4.69, 9.17) is 0 Å². The third kappa shape index (κ3) is 7.92. The molecule has 0 aromatic carbocycles. The van der Waals surface area contributed by atoms with Crippen LogP contribution in [0.25, 0.3) is 0 Å². The predicted octanol–water partition coefficient (Wildman–Crippen LogP) is 1.13. The topological polar surface area (TPSA) is 50.3 Å². The molecule has 1 fully saturated rings. The van der Waals surface area contributed by atoms with Crippen molar-refractivity contribution in [2.24, 2.45) is 0 Å². The van der Waals surface area contributed by atoms with Crippen molar-refractivity contribution >= 4 is 5.97 Å². The second-order valence-electron chi connectivity index (χ2n) is 7.36. The van der Waals surface area contributed by atoms with Crippen molar-refractivity contribution in [3.05, 3.63) is 0 Å². The van der Waals surface area contributed by atoms with E-state index in [2.05, 4.69) is 54.2 Å². The summed E-state index contributed by atoms with van der Waals surface area (Å²) in [6, 6.07) is 0.982. The molecule has 0 aromatic heterocycles. The van der Waals surface area contributed by atoms with Gasteiger partial charge in [-0.05, 0) is 34.2 Å². The van der Waals surface area contributed by atoms with Crippen LogP contribution in [-0.2, 0) is 4.79 Å². The van der Waals surface area contributed by atoms with E-state index < -0.39 is 5.97 Å². The summed E-state index contributed by atoms with van der Waals surface area (Å²) in [5.41, 5.74) is 0. The van der Waals surface area contributed by atoms with E-state index >= 15 is 0 Å². The number of carboxylic acid groups (broad SMARTS) is 1. The molecule has 1 heterocycles. The van der Waals surface area contributed by atoms with Gasteiger partial charge in [0.25, 0.3) is 0 Å².